The number of rotatable bonds is 5. The zero-order valence-corrected chi connectivity index (χ0v) is 21.3. The maximum Gasteiger partial charge on any atom is 0.248 e. The molecule has 2 N–H and O–H groups in total. The van der Waals surface area contributed by atoms with Gasteiger partial charge in [-0.15, -0.1) is 0 Å². The van der Waals surface area contributed by atoms with Gasteiger partial charge in [0.25, 0.3) is 0 Å². The first-order chi connectivity index (χ1) is 15.3. The minimum absolute atomic E-state index is 0.135. The number of carbonyl (C=O) groups is 1. The highest BCUT2D eigenvalue weighted by molar-refractivity contribution is 9.11. The number of halogens is 3. The molecule has 0 spiro atoms. The van der Waals surface area contributed by atoms with Crippen molar-refractivity contribution < 1.29 is 19.1 Å². The van der Waals surface area contributed by atoms with Crippen LogP contribution in [0.15, 0.2) is 72.4 Å². The number of nitrogens with one attached hydrogen (secondary N) is 1. The summed E-state index contributed by atoms with van der Waals surface area (Å²) in [5, 5.41) is 12.5. The van der Waals surface area contributed by atoms with Gasteiger partial charge in [0.2, 0.25) is 11.8 Å². The van der Waals surface area contributed by atoms with Crippen molar-refractivity contribution in [2.75, 3.05) is 12.4 Å². The van der Waals surface area contributed by atoms with Crippen LogP contribution in [0.25, 0.3) is 28.6 Å². The Morgan fingerprint density at radius 1 is 1.09 bits per heavy atom. The summed E-state index contributed by atoms with van der Waals surface area (Å²) in [5.41, 5.74) is 3.24. The number of phenols is 1. The van der Waals surface area contributed by atoms with Gasteiger partial charge in [0.1, 0.15) is 17.0 Å². The number of benzene rings is 3. The third-order valence-electron chi connectivity index (χ3n) is 4.51. The molecule has 3 aromatic carbocycles. The van der Waals surface area contributed by atoms with E-state index in [0.29, 0.717) is 38.5 Å². The van der Waals surface area contributed by atoms with Crippen molar-refractivity contribution in [3.8, 4) is 23.0 Å². The average molecular weight is 623 g/mol. The largest absolute Gasteiger partial charge is 0.507 e. The Balaban J connectivity index is 1.54. The number of methoxy groups -OCH3 is 1. The number of anilines is 1. The monoisotopic (exact) mass is 620 g/mol. The maximum absolute atomic E-state index is 12.5. The number of carbonyl (C=O) groups excluding carboxylic acids is 1. The molecule has 0 saturated heterocycles. The molecule has 1 amide bonds. The number of aromatic nitrogens is 1. The lowest BCUT2D eigenvalue weighted by atomic mass is 10.2. The van der Waals surface area contributed by atoms with Crippen molar-refractivity contribution in [3.63, 3.8) is 0 Å². The molecule has 0 unspecified atom stereocenters. The van der Waals surface area contributed by atoms with Crippen LogP contribution >= 0.6 is 47.8 Å². The van der Waals surface area contributed by atoms with Crippen LogP contribution in [0.1, 0.15) is 5.56 Å². The summed E-state index contributed by atoms with van der Waals surface area (Å²) >= 11 is 10.2. The van der Waals surface area contributed by atoms with E-state index < -0.39 is 0 Å². The third-order valence-corrected chi connectivity index (χ3v) is 6.19. The fraction of sp³-hybridized carbons (Fsp3) is 0.0435. The summed E-state index contributed by atoms with van der Waals surface area (Å²) in [6, 6.07) is 14.0. The van der Waals surface area contributed by atoms with Gasteiger partial charge >= 0.3 is 0 Å². The minimum Gasteiger partial charge on any atom is -0.507 e. The fourth-order valence-corrected chi connectivity index (χ4v) is 4.84. The lowest BCUT2D eigenvalue weighted by Gasteiger charge is -2.08. The summed E-state index contributed by atoms with van der Waals surface area (Å²) < 4.78 is 13.4. The van der Waals surface area contributed by atoms with Gasteiger partial charge in [-0.2, -0.15) is 0 Å². The molecule has 32 heavy (non-hydrogen) atoms. The number of oxazole rings is 1. The van der Waals surface area contributed by atoms with E-state index in [0.717, 1.165) is 14.5 Å². The van der Waals surface area contributed by atoms with Crippen molar-refractivity contribution in [3.05, 3.63) is 73.6 Å². The topological polar surface area (TPSA) is 84.6 Å². The molecule has 162 valence electrons. The Kier molecular flexibility index (Phi) is 6.68. The second-order valence-corrected chi connectivity index (χ2v) is 9.32. The van der Waals surface area contributed by atoms with Gasteiger partial charge in [-0.05, 0) is 86.5 Å². The second-order valence-electron chi connectivity index (χ2n) is 6.70. The lowest BCUT2D eigenvalue weighted by molar-refractivity contribution is -0.111. The predicted octanol–water partition coefficient (Wildman–Crippen LogP) is 7.15. The fourth-order valence-electron chi connectivity index (χ4n) is 3.04. The van der Waals surface area contributed by atoms with Crippen molar-refractivity contribution in [1.82, 2.24) is 4.98 Å². The summed E-state index contributed by atoms with van der Waals surface area (Å²) in [5.74, 6) is 0.885. The van der Waals surface area contributed by atoms with Gasteiger partial charge in [-0.25, -0.2) is 4.98 Å². The molecule has 9 heteroatoms. The average Bonchev–Trinajstić information content (AvgIpc) is 3.17. The molecular formula is C23H15Br3N2O4. The molecule has 0 aliphatic carbocycles. The van der Waals surface area contributed by atoms with E-state index in [1.54, 1.807) is 49.6 Å². The first kappa shape index (κ1) is 22.6. The Bertz CT molecular complexity index is 1370. The van der Waals surface area contributed by atoms with Crippen LogP contribution in [-0.2, 0) is 4.79 Å². The zero-order chi connectivity index (χ0) is 22.8. The highest BCUT2D eigenvalue weighted by Crippen LogP contribution is 2.34. The summed E-state index contributed by atoms with van der Waals surface area (Å²) in [6.45, 7) is 0. The maximum atomic E-state index is 12.5. The first-order valence-electron chi connectivity index (χ1n) is 9.25. The van der Waals surface area contributed by atoms with Crippen LogP contribution in [0.5, 0.6) is 11.5 Å². The minimum atomic E-state index is -0.298. The number of amides is 1. The van der Waals surface area contributed by atoms with Gasteiger partial charge < -0.3 is 19.6 Å². The van der Waals surface area contributed by atoms with Crippen LogP contribution in [0.2, 0.25) is 0 Å². The molecule has 1 aromatic heterocycles. The molecule has 0 saturated carbocycles. The Morgan fingerprint density at radius 2 is 1.91 bits per heavy atom. The molecule has 0 atom stereocenters. The van der Waals surface area contributed by atoms with Crippen LogP contribution < -0.4 is 10.1 Å². The van der Waals surface area contributed by atoms with Gasteiger partial charge in [-0.1, -0.05) is 15.9 Å². The van der Waals surface area contributed by atoms with E-state index in [1.807, 2.05) is 12.1 Å². The normalized spacial score (nSPS) is 11.2. The summed E-state index contributed by atoms with van der Waals surface area (Å²) in [4.78, 5) is 16.9. The third kappa shape index (κ3) is 4.90. The number of aromatic hydroxyl groups is 1. The van der Waals surface area contributed by atoms with Crippen molar-refractivity contribution in [1.29, 1.82) is 0 Å². The molecule has 0 aliphatic rings. The molecule has 4 rings (SSSR count). The molecule has 0 fully saturated rings. The van der Waals surface area contributed by atoms with Crippen LogP contribution in [0.4, 0.5) is 5.69 Å². The van der Waals surface area contributed by atoms with E-state index in [2.05, 4.69) is 58.1 Å². The highest BCUT2D eigenvalue weighted by Gasteiger charge is 2.12. The molecule has 4 aromatic rings. The lowest BCUT2D eigenvalue weighted by Crippen LogP contribution is -2.07. The Labute approximate surface area is 208 Å². The smallest absolute Gasteiger partial charge is 0.248 e. The van der Waals surface area contributed by atoms with E-state index >= 15 is 0 Å². The van der Waals surface area contributed by atoms with Crippen molar-refractivity contribution in [2.45, 2.75) is 0 Å². The highest BCUT2D eigenvalue weighted by atomic mass is 79.9. The quantitative estimate of drug-likeness (QED) is 0.231. The molecule has 6 nitrogen and oxygen atoms in total. The van der Waals surface area contributed by atoms with Gasteiger partial charge in [-0.3, -0.25) is 4.79 Å². The van der Waals surface area contributed by atoms with Crippen LogP contribution in [0, 0.1) is 0 Å². The van der Waals surface area contributed by atoms with Crippen molar-refractivity contribution in [2.24, 2.45) is 0 Å². The SMILES string of the molecule is COc1c(Br)cc(Br)cc1C=CC(=O)Nc1ccc2oc(-c3ccc(O)c(Br)c3)nc2c1. The van der Waals surface area contributed by atoms with E-state index in [4.69, 9.17) is 9.15 Å². The number of nitrogens with zero attached hydrogens (tertiary/aromatic N) is 1. The molecule has 1 heterocycles. The summed E-state index contributed by atoms with van der Waals surface area (Å²) in [6.07, 6.45) is 3.11. The van der Waals surface area contributed by atoms with Gasteiger partial charge in [0.05, 0.1) is 16.1 Å². The van der Waals surface area contributed by atoms with E-state index in [-0.39, 0.29) is 11.7 Å². The van der Waals surface area contributed by atoms with Crippen LogP contribution in [-0.4, -0.2) is 23.1 Å². The first-order valence-corrected chi connectivity index (χ1v) is 11.6. The van der Waals surface area contributed by atoms with Crippen molar-refractivity contribution >= 4 is 76.6 Å². The predicted molar refractivity (Wildman–Crippen MR) is 135 cm³/mol. The number of hydrogen-bond acceptors (Lipinski definition) is 5. The Morgan fingerprint density at radius 3 is 2.66 bits per heavy atom. The standard InChI is InChI=1S/C23H15Br3N2O4/c1-31-22-12(8-14(24)10-17(22)26)3-7-21(30)27-15-4-6-20-18(11-15)28-23(32-20)13-2-5-19(29)16(25)9-13/h2-11,29H,1H3,(H,27,30). The van der Waals surface area contributed by atoms with Crippen LogP contribution in [0.3, 0.4) is 0 Å². The number of fused-ring (bicyclic) bond motifs is 1. The number of hydrogen-bond donors (Lipinski definition) is 2. The Hall–Kier alpha value is -2.62. The molecule has 0 bridgehead atoms. The van der Waals surface area contributed by atoms with Gasteiger partial charge in [0, 0.05) is 27.4 Å². The molecule has 0 aliphatic heterocycles. The zero-order valence-electron chi connectivity index (χ0n) is 16.5. The van der Waals surface area contributed by atoms with E-state index in [9.17, 15) is 9.90 Å². The van der Waals surface area contributed by atoms with Gasteiger partial charge in [0.15, 0.2) is 5.58 Å². The number of phenolic OH excluding ortho intramolecular Hbond substituents is 1. The molecular weight excluding hydrogens is 608 g/mol. The number of ether oxygens (including phenoxy) is 1. The summed E-state index contributed by atoms with van der Waals surface area (Å²) in [7, 11) is 1.57. The van der Waals surface area contributed by atoms with E-state index in [1.165, 1.54) is 6.08 Å². The second kappa shape index (κ2) is 9.48. The molecule has 0 radical (unpaired) electrons.